The average molecular weight is 193 g/mol. The third kappa shape index (κ3) is 1.05. The Morgan fingerprint density at radius 2 is 2.38 bits per heavy atom. The fourth-order valence-corrected chi connectivity index (χ4v) is 1.50. The molecule has 0 spiro atoms. The molecule has 2 rings (SSSR count). The largest absolute Gasteiger partial charge is 0.270 e. The minimum atomic E-state index is 0.363. The van der Waals surface area contributed by atoms with Crippen LogP contribution < -0.4 is 0 Å². The van der Waals surface area contributed by atoms with Gasteiger partial charge in [0.2, 0.25) is 0 Å². The van der Waals surface area contributed by atoms with Gasteiger partial charge in [-0.2, -0.15) is 5.26 Å². The molecule has 0 bridgehead atoms. The van der Waals surface area contributed by atoms with E-state index in [1.54, 1.807) is 10.5 Å². The van der Waals surface area contributed by atoms with Gasteiger partial charge in [0, 0.05) is 0 Å². The van der Waals surface area contributed by atoms with Gasteiger partial charge in [0.15, 0.2) is 5.65 Å². The van der Waals surface area contributed by atoms with Crippen molar-refractivity contribution in [2.45, 2.75) is 6.92 Å². The van der Waals surface area contributed by atoms with Gasteiger partial charge in [0.1, 0.15) is 17.5 Å². The normalized spacial score (nSPS) is 10.2. The van der Waals surface area contributed by atoms with E-state index in [2.05, 4.69) is 10.2 Å². The van der Waals surface area contributed by atoms with Crippen LogP contribution in [0.15, 0.2) is 12.4 Å². The van der Waals surface area contributed by atoms with Crippen LogP contribution >= 0.6 is 11.6 Å². The van der Waals surface area contributed by atoms with Crippen molar-refractivity contribution in [2.24, 2.45) is 0 Å². The third-order valence-electron chi connectivity index (χ3n) is 1.84. The van der Waals surface area contributed by atoms with E-state index in [0.717, 1.165) is 5.56 Å². The second-order valence-corrected chi connectivity index (χ2v) is 3.02. The summed E-state index contributed by atoms with van der Waals surface area (Å²) in [5.41, 5.74) is 1.93. The summed E-state index contributed by atoms with van der Waals surface area (Å²) in [6, 6.07) is 3.81. The maximum atomic E-state index is 8.81. The van der Waals surface area contributed by atoms with Gasteiger partial charge >= 0.3 is 0 Å². The maximum Gasteiger partial charge on any atom is 0.162 e. The Kier molecular flexibility index (Phi) is 1.67. The summed E-state index contributed by atoms with van der Waals surface area (Å²) >= 11 is 5.95. The van der Waals surface area contributed by atoms with Crippen LogP contribution in [0.25, 0.3) is 5.65 Å². The van der Waals surface area contributed by atoms with Crippen LogP contribution in [0.1, 0.15) is 11.1 Å². The lowest BCUT2D eigenvalue weighted by Crippen LogP contribution is -1.93. The van der Waals surface area contributed by atoms with E-state index >= 15 is 0 Å². The molecule has 0 amide bonds. The summed E-state index contributed by atoms with van der Waals surface area (Å²) in [6.07, 6.45) is 1.48. The van der Waals surface area contributed by atoms with Crippen LogP contribution in [0, 0.1) is 18.3 Å². The van der Waals surface area contributed by atoms with Gasteiger partial charge in [-0.05, 0) is 18.6 Å². The van der Waals surface area contributed by atoms with Crippen molar-refractivity contribution in [2.75, 3.05) is 0 Å². The first-order valence-corrected chi connectivity index (χ1v) is 4.01. The molecule has 2 aromatic rings. The zero-order valence-corrected chi connectivity index (χ0v) is 7.58. The van der Waals surface area contributed by atoms with Crippen LogP contribution in [0.4, 0.5) is 0 Å². The summed E-state index contributed by atoms with van der Waals surface area (Å²) in [7, 11) is 0. The summed E-state index contributed by atoms with van der Waals surface area (Å²) in [6.45, 7) is 1.82. The summed E-state index contributed by atoms with van der Waals surface area (Å²) in [4.78, 5) is 0. The standard InChI is InChI=1S/C8H5ClN4/c1-5-2-7-12-11-4-13(7)8(9)6(5)3-10/h2,4H,1H3. The third-order valence-corrected chi connectivity index (χ3v) is 2.21. The molecule has 0 N–H and O–H groups in total. The number of fused-ring (bicyclic) bond motifs is 1. The molecular formula is C8H5ClN4. The SMILES string of the molecule is Cc1cc2nncn2c(Cl)c1C#N. The van der Waals surface area contributed by atoms with Crippen molar-refractivity contribution in [3.63, 3.8) is 0 Å². The van der Waals surface area contributed by atoms with E-state index in [0.29, 0.717) is 16.4 Å². The van der Waals surface area contributed by atoms with Crippen molar-refractivity contribution < 1.29 is 0 Å². The second kappa shape index (κ2) is 2.71. The second-order valence-electron chi connectivity index (χ2n) is 2.66. The molecule has 0 unspecified atom stereocenters. The maximum absolute atomic E-state index is 8.81. The van der Waals surface area contributed by atoms with E-state index in [9.17, 15) is 0 Å². The van der Waals surface area contributed by atoms with Crippen LogP contribution in [-0.4, -0.2) is 14.6 Å². The molecule has 5 heteroatoms. The van der Waals surface area contributed by atoms with E-state index in [-0.39, 0.29) is 0 Å². The number of aryl methyl sites for hydroxylation is 1. The highest BCUT2D eigenvalue weighted by molar-refractivity contribution is 6.31. The molecule has 0 aromatic carbocycles. The Labute approximate surface area is 79.4 Å². The molecule has 2 aromatic heterocycles. The summed E-state index contributed by atoms with van der Waals surface area (Å²) < 4.78 is 1.58. The molecule has 13 heavy (non-hydrogen) atoms. The molecule has 0 radical (unpaired) electrons. The number of nitrogens with zero attached hydrogens (tertiary/aromatic N) is 4. The fourth-order valence-electron chi connectivity index (χ4n) is 1.18. The minimum absolute atomic E-state index is 0.363. The van der Waals surface area contributed by atoms with E-state index in [1.807, 2.05) is 13.0 Å². The van der Waals surface area contributed by atoms with Crippen LogP contribution in [0.2, 0.25) is 5.15 Å². The predicted molar refractivity (Wildman–Crippen MR) is 47.4 cm³/mol. The molecule has 0 aliphatic carbocycles. The first kappa shape index (κ1) is 8.02. The van der Waals surface area contributed by atoms with E-state index in [4.69, 9.17) is 16.9 Å². The van der Waals surface area contributed by atoms with Gasteiger partial charge in [0.25, 0.3) is 0 Å². The van der Waals surface area contributed by atoms with Gasteiger partial charge in [-0.3, -0.25) is 4.40 Å². The van der Waals surface area contributed by atoms with Gasteiger partial charge < -0.3 is 0 Å². The monoisotopic (exact) mass is 192 g/mol. The Bertz CT molecular complexity index is 509. The average Bonchev–Trinajstić information content (AvgIpc) is 2.53. The molecule has 2 heterocycles. The van der Waals surface area contributed by atoms with Gasteiger partial charge in [-0.1, -0.05) is 11.6 Å². The van der Waals surface area contributed by atoms with E-state index in [1.165, 1.54) is 6.33 Å². The van der Waals surface area contributed by atoms with Crippen molar-refractivity contribution in [1.82, 2.24) is 14.6 Å². The summed E-state index contributed by atoms with van der Waals surface area (Å²) in [5.74, 6) is 0. The minimum Gasteiger partial charge on any atom is -0.270 e. The molecule has 0 saturated carbocycles. The molecule has 0 saturated heterocycles. The Balaban J connectivity index is 2.95. The molecule has 0 aliphatic rings. The highest BCUT2D eigenvalue weighted by Gasteiger charge is 2.09. The van der Waals surface area contributed by atoms with Crippen molar-refractivity contribution in [1.29, 1.82) is 5.26 Å². The van der Waals surface area contributed by atoms with Crippen LogP contribution in [0.3, 0.4) is 0 Å². The lowest BCUT2D eigenvalue weighted by Gasteiger charge is -2.01. The zero-order chi connectivity index (χ0) is 9.42. The number of rotatable bonds is 0. The van der Waals surface area contributed by atoms with E-state index < -0.39 is 0 Å². The number of hydrogen-bond donors (Lipinski definition) is 0. The highest BCUT2D eigenvalue weighted by atomic mass is 35.5. The Hall–Kier alpha value is -1.60. The Morgan fingerprint density at radius 1 is 1.62 bits per heavy atom. The van der Waals surface area contributed by atoms with Gasteiger partial charge in [-0.25, -0.2) is 0 Å². The van der Waals surface area contributed by atoms with Crippen LogP contribution in [0.5, 0.6) is 0 Å². The van der Waals surface area contributed by atoms with Crippen LogP contribution in [-0.2, 0) is 0 Å². The molecular weight excluding hydrogens is 188 g/mol. The molecule has 0 fully saturated rings. The number of pyridine rings is 1. The molecule has 0 atom stereocenters. The van der Waals surface area contributed by atoms with Gasteiger partial charge in [-0.15, -0.1) is 10.2 Å². The zero-order valence-electron chi connectivity index (χ0n) is 6.82. The topological polar surface area (TPSA) is 54.0 Å². The lowest BCUT2D eigenvalue weighted by molar-refractivity contribution is 1.10. The Morgan fingerprint density at radius 3 is 3.08 bits per heavy atom. The quantitative estimate of drug-likeness (QED) is 0.596. The highest BCUT2D eigenvalue weighted by Crippen LogP contribution is 2.20. The molecule has 64 valence electrons. The number of aromatic nitrogens is 3. The summed E-state index contributed by atoms with van der Waals surface area (Å²) in [5, 5.41) is 16.7. The molecule has 0 aliphatic heterocycles. The van der Waals surface area contributed by atoms with Crippen molar-refractivity contribution in [3.05, 3.63) is 28.7 Å². The first-order valence-electron chi connectivity index (χ1n) is 3.63. The molecule has 4 nitrogen and oxygen atoms in total. The van der Waals surface area contributed by atoms with Gasteiger partial charge in [0.05, 0.1) is 5.56 Å². The predicted octanol–water partition coefficient (Wildman–Crippen LogP) is 1.56. The number of halogens is 1. The number of nitriles is 1. The van der Waals surface area contributed by atoms with Crippen molar-refractivity contribution >= 4 is 17.2 Å². The first-order chi connectivity index (χ1) is 6.24. The fraction of sp³-hybridized carbons (Fsp3) is 0.125. The van der Waals surface area contributed by atoms with Crippen molar-refractivity contribution in [3.8, 4) is 6.07 Å². The lowest BCUT2D eigenvalue weighted by atomic mass is 10.2. The number of hydrogen-bond acceptors (Lipinski definition) is 3. The smallest absolute Gasteiger partial charge is 0.162 e.